The summed E-state index contributed by atoms with van der Waals surface area (Å²) >= 11 is 6.08. The molecule has 1 amide bonds. The zero-order valence-electron chi connectivity index (χ0n) is 11.0. The minimum atomic E-state index is 0.0792. The molecule has 3 nitrogen and oxygen atoms in total. The van der Waals surface area contributed by atoms with Gasteiger partial charge in [-0.25, -0.2) is 0 Å². The van der Waals surface area contributed by atoms with Gasteiger partial charge in [-0.2, -0.15) is 0 Å². The van der Waals surface area contributed by atoms with Crippen molar-refractivity contribution in [2.75, 3.05) is 13.1 Å². The molecule has 0 aromatic heterocycles. The molecule has 2 N–H and O–H groups in total. The average Bonchev–Trinajstić information content (AvgIpc) is 2.32. The van der Waals surface area contributed by atoms with Crippen molar-refractivity contribution in [3.8, 4) is 0 Å². The van der Waals surface area contributed by atoms with Crippen LogP contribution in [0.2, 0.25) is 5.02 Å². The lowest BCUT2D eigenvalue weighted by molar-refractivity contribution is -0.121. The predicted octanol–water partition coefficient (Wildman–Crippen LogP) is 2.39. The third-order valence-corrected chi connectivity index (χ3v) is 3.04. The van der Waals surface area contributed by atoms with E-state index in [4.69, 9.17) is 11.6 Å². The van der Waals surface area contributed by atoms with Crippen LogP contribution in [0.1, 0.15) is 25.8 Å². The van der Waals surface area contributed by atoms with Gasteiger partial charge >= 0.3 is 0 Å². The van der Waals surface area contributed by atoms with Crippen LogP contribution in [-0.2, 0) is 11.2 Å². The van der Waals surface area contributed by atoms with E-state index in [-0.39, 0.29) is 11.9 Å². The molecule has 1 aromatic carbocycles. The fraction of sp³-hybridized carbons (Fsp3) is 0.500. The average molecular weight is 269 g/mol. The number of halogens is 1. The molecule has 1 rings (SSSR count). The van der Waals surface area contributed by atoms with E-state index < -0.39 is 0 Å². The van der Waals surface area contributed by atoms with Gasteiger partial charge < -0.3 is 10.6 Å². The van der Waals surface area contributed by atoms with Crippen molar-refractivity contribution in [2.24, 2.45) is 0 Å². The molecule has 0 aliphatic rings. The molecular formula is C14H21ClN2O. The second-order valence-electron chi connectivity index (χ2n) is 4.37. The summed E-state index contributed by atoms with van der Waals surface area (Å²) < 4.78 is 0. The lowest BCUT2D eigenvalue weighted by Crippen LogP contribution is -2.35. The van der Waals surface area contributed by atoms with Gasteiger partial charge in [0.15, 0.2) is 0 Å². The topological polar surface area (TPSA) is 41.1 Å². The molecule has 0 heterocycles. The normalized spacial score (nSPS) is 12.2. The Balaban J connectivity index is 2.35. The standard InChI is InChI=1S/C14H21ClN2O/c1-3-16-9-8-14(18)17-11(2)10-12-6-4-5-7-13(12)15/h4-7,11,16H,3,8-10H2,1-2H3,(H,17,18). The fourth-order valence-corrected chi connectivity index (χ4v) is 1.98. The molecule has 0 aliphatic carbocycles. The van der Waals surface area contributed by atoms with Crippen molar-refractivity contribution in [2.45, 2.75) is 32.7 Å². The predicted molar refractivity (Wildman–Crippen MR) is 75.9 cm³/mol. The van der Waals surface area contributed by atoms with E-state index in [0.29, 0.717) is 6.42 Å². The molecule has 18 heavy (non-hydrogen) atoms. The Bertz CT molecular complexity index is 382. The van der Waals surface area contributed by atoms with E-state index in [1.165, 1.54) is 0 Å². The zero-order valence-corrected chi connectivity index (χ0v) is 11.8. The largest absolute Gasteiger partial charge is 0.353 e. The maximum Gasteiger partial charge on any atom is 0.221 e. The van der Waals surface area contributed by atoms with Gasteiger partial charge in [0, 0.05) is 24.0 Å². The summed E-state index contributed by atoms with van der Waals surface area (Å²) in [5, 5.41) is 6.86. The molecule has 1 atom stereocenters. The van der Waals surface area contributed by atoms with Gasteiger partial charge in [-0.1, -0.05) is 36.7 Å². The van der Waals surface area contributed by atoms with Crippen LogP contribution in [0.15, 0.2) is 24.3 Å². The highest BCUT2D eigenvalue weighted by molar-refractivity contribution is 6.31. The Morgan fingerprint density at radius 1 is 1.39 bits per heavy atom. The number of benzene rings is 1. The van der Waals surface area contributed by atoms with E-state index in [1.807, 2.05) is 38.1 Å². The molecule has 0 saturated heterocycles. The summed E-state index contributed by atoms with van der Waals surface area (Å²) in [7, 11) is 0. The van der Waals surface area contributed by atoms with Crippen LogP contribution in [0, 0.1) is 0 Å². The molecule has 4 heteroatoms. The third-order valence-electron chi connectivity index (χ3n) is 2.67. The van der Waals surface area contributed by atoms with Gasteiger partial charge in [-0.3, -0.25) is 4.79 Å². The molecule has 0 saturated carbocycles. The van der Waals surface area contributed by atoms with Crippen LogP contribution < -0.4 is 10.6 Å². The first-order chi connectivity index (χ1) is 8.63. The van der Waals surface area contributed by atoms with Crippen LogP contribution in [0.3, 0.4) is 0 Å². The van der Waals surface area contributed by atoms with Crippen molar-refractivity contribution in [3.05, 3.63) is 34.9 Å². The summed E-state index contributed by atoms with van der Waals surface area (Å²) in [4.78, 5) is 11.6. The molecule has 0 spiro atoms. The Hall–Kier alpha value is -1.06. The summed E-state index contributed by atoms with van der Waals surface area (Å²) in [6, 6.07) is 7.83. The van der Waals surface area contributed by atoms with Crippen LogP contribution in [-0.4, -0.2) is 25.0 Å². The maximum atomic E-state index is 11.6. The van der Waals surface area contributed by atoms with Gasteiger partial charge in [0.2, 0.25) is 5.91 Å². The van der Waals surface area contributed by atoms with Gasteiger partial charge in [-0.05, 0) is 31.5 Å². The number of rotatable bonds is 7. The number of carbonyl (C=O) groups is 1. The SMILES string of the molecule is CCNCCC(=O)NC(C)Cc1ccccc1Cl. The highest BCUT2D eigenvalue weighted by atomic mass is 35.5. The Labute approximate surface area is 114 Å². The number of hydrogen-bond donors (Lipinski definition) is 2. The monoisotopic (exact) mass is 268 g/mol. The van der Waals surface area contributed by atoms with Gasteiger partial charge in [0.05, 0.1) is 0 Å². The molecule has 1 aromatic rings. The smallest absolute Gasteiger partial charge is 0.221 e. The summed E-state index contributed by atoms with van der Waals surface area (Å²) in [6.45, 7) is 5.63. The molecule has 0 radical (unpaired) electrons. The second-order valence-corrected chi connectivity index (χ2v) is 4.77. The summed E-state index contributed by atoms with van der Waals surface area (Å²) in [6.07, 6.45) is 1.27. The number of carbonyl (C=O) groups excluding carboxylic acids is 1. The van der Waals surface area contributed by atoms with Crippen molar-refractivity contribution >= 4 is 17.5 Å². The van der Waals surface area contributed by atoms with Crippen molar-refractivity contribution < 1.29 is 4.79 Å². The minimum absolute atomic E-state index is 0.0792. The highest BCUT2D eigenvalue weighted by Crippen LogP contribution is 2.16. The maximum absolute atomic E-state index is 11.6. The Morgan fingerprint density at radius 3 is 2.78 bits per heavy atom. The molecule has 0 fully saturated rings. The first kappa shape index (κ1) is 15.0. The van der Waals surface area contributed by atoms with Crippen LogP contribution in [0.4, 0.5) is 0 Å². The number of nitrogens with one attached hydrogen (secondary N) is 2. The van der Waals surface area contributed by atoms with Gasteiger partial charge in [0.1, 0.15) is 0 Å². The fourth-order valence-electron chi connectivity index (χ4n) is 1.77. The van der Waals surface area contributed by atoms with E-state index in [9.17, 15) is 4.79 Å². The first-order valence-corrected chi connectivity index (χ1v) is 6.74. The molecular weight excluding hydrogens is 248 g/mol. The Morgan fingerprint density at radius 2 is 2.11 bits per heavy atom. The zero-order chi connectivity index (χ0) is 13.4. The minimum Gasteiger partial charge on any atom is -0.353 e. The van der Waals surface area contributed by atoms with Crippen LogP contribution in [0.25, 0.3) is 0 Å². The lowest BCUT2D eigenvalue weighted by Gasteiger charge is -2.14. The molecule has 1 unspecified atom stereocenters. The van der Waals surface area contributed by atoms with Crippen molar-refractivity contribution in [3.63, 3.8) is 0 Å². The van der Waals surface area contributed by atoms with Crippen molar-refractivity contribution in [1.29, 1.82) is 0 Å². The first-order valence-electron chi connectivity index (χ1n) is 6.37. The molecule has 0 aliphatic heterocycles. The van der Waals surface area contributed by atoms with Gasteiger partial charge in [-0.15, -0.1) is 0 Å². The van der Waals surface area contributed by atoms with Crippen molar-refractivity contribution in [1.82, 2.24) is 10.6 Å². The van der Waals surface area contributed by atoms with E-state index in [0.717, 1.165) is 30.1 Å². The van der Waals surface area contributed by atoms with E-state index >= 15 is 0 Å². The van der Waals surface area contributed by atoms with Crippen LogP contribution >= 0.6 is 11.6 Å². The quantitative estimate of drug-likeness (QED) is 0.746. The lowest BCUT2D eigenvalue weighted by atomic mass is 10.1. The molecule has 0 bridgehead atoms. The van der Waals surface area contributed by atoms with E-state index in [1.54, 1.807) is 0 Å². The summed E-state index contributed by atoms with van der Waals surface area (Å²) in [5.41, 5.74) is 1.07. The third kappa shape index (κ3) is 5.52. The van der Waals surface area contributed by atoms with Gasteiger partial charge in [0.25, 0.3) is 0 Å². The number of hydrogen-bond acceptors (Lipinski definition) is 2. The van der Waals surface area contributed by atoms with Crippen LogP contribution in [0.5, 0.6) is 0 Å². The summed E-state index contributed by atoms with van der Waals surface area (Å²) in [5.74, 6) is 0.0792. The second kappa shape index (κ2) is 8.11. The molecule has 100 valence electrons. The number of amides is 1. The highest BCUT2D eigenvalue weighted by Gasteiger charge is 2.09. The Kier molecular flexibility index (Phi) is 6.76. The van der Waals surface area contributed by atoms with E-state index in [2.05, 4.69) is 10.6 Å².